The van der Waals surface area contributed by atoms with Crippen LogP contribution < -0.4 is 0 Å². The Bertz CT molecular complexity index is 1120. The third-order valence-electron chi connectivity index (χ3n) is 4.56. The summed E-state index contributed by atoms with van der Waals surface area (Å²) in [5, 5.41) is -1.11. The highest BCUT2D eigenvalue weighted by atomic mass is 32.2. The van der Waals surface area contributed by atoms with Gasteiger partial charge in [-0.25, -0.2) is 13.2 Å². The highest BCUT2D eigenvalue weighted by Crippen LogP contribution is 2.35. The molecule has 1 amide bonds. The number of halogens is 3. The van der Waals surface area contributed by atoms with Crippen molar-refractivity contribution in [3.63, 3.8) is 0 Å². The first-order valence-electron chi connectivity index (χ1n) is 8.98. The standard InChI is InChI=1S/C22H19F3N2O2S.CH4/c1-13-10-20(22(28)27(2)3)26-12-18(13)21(17-11-15(24)6-9-19(17)25)30(29)16-7-4-14(23)5-8-16;/h4-12,21H,1-3H3;1H4. The molecular weight excluding hydrogens is 425 g/mol. The van der Waals surface area contributed by atoms with Crippen molar-refractivity contribution in [1.29, 1.82) is 0 Å². The summed E-state index contributed by atoms with van der Waals surface area (Å²) < 4.78 is 55.3. The molecule has 0 saturated carbocycles. The van der Waals surface area contributed by atoms with Crippen LogP contribution in [0.25, 0.3) is 0 Å². The van der Waals surface area contributed by atoms with Gasteiger partial charge < -0.3 is 4.90 Å². The van der Waals surface area contributed by atoms with Crippen LogP contribution in [0, 0.1) is 24.4 Å². The molecule has 4 nitrogen and oxygen atoms in total. The smallest absolute Gasteiger partial charge is 0.271 e. The molecule has 0 N–H and O–H groups in total. The summed E-state index contributed by atoms with van der Waals surface area (Å²) in [5.74, 6) is -2.24. The normalized spacial score (nSPS) is 12.6. The molecule has 8 heteroatoms. The Hall–Kier alpha value is -3.00. The summed E-state index contributed by atoms with van der Waals surface area (Å²) in [5.41, 5.74) is 0.971. The summed E-state index contributed by atoms with van der Waals surface area (Å²) in [6, 6.07) is 9.41. The first kappa shape index (κ1) is 24.3. The molecule has 164 valence electrons. The van der Waals surface area contributed by atoms with Gasteiger partial charge >= 0.3 is 0 Å². The maximum absolute atomic E-state index is 14.6. The molecule has 0 aliphatic rings. The topological polar surface area (TPSA) is 50.3 Å². The number of benzene rings is 2. The first-order valence-corrected chi connectivity index (χ1v) is 10.2. The van der Waals surface area contributed by atoms with Gasteiger partial charge in [-0.1, -0.05) is 7.43 Å². The van der Waals surface area contributed by atoms with E-state index in [-0.39, 0.29) is 29.5 Å². The molecule has 0 saturated heterocycles. The second-order valence-corrected chi connectivity index (χ2v) is 8.46. The monoisotopic (exact) mass is 448 g/mol. The number of hydrogen-bond acceptors (Lipinski definition) is 3. The van der Waals surface area contributed by atoms with Crippen molar-refractivity contribution >= 4 is 16.7 Å². The van der Waals surface area contributed by atoms with Crippen LogP contribution in [0.15, 0.2) is 59.6 Å². The lowest BCUT2D eigenvalue weighted by molar-refractivity contribution is 0.0822. The van der Waals surface area contributed by atoms with Gasteiger partial charge in [0.05, 0.1) is 16.0 Å². The number of nitrogens with zero attached hydrogens (tertiary/aromatic N) is 2. The number of amides is 1. The average molecular weight is 449 g/mol. The lowest BCUT2D eigenvalue weighted by Crippen LogP contribution is -2.23. The van der Waals surface area contributed by atoms with Crippen molar-refractivity contribution < 1.29 is 22.2 Å². The number of aromatic nitrogens is 1. The predicted molar refractivity (Wildman–Crippen MR) is 115 cm³/mol. The molecule has 2 atom stereocenters. The molecule has 2 unspecified atom stereocenters. The molecule has 0 aliphatic heterocycles. The third kappa shape index (κ3) is 5.19. The minimum Gasteiger partial charge on any atom is -0.343 e. The van der Waals surface area contributed by atoms with E-state index in [0.29, 0.717) is 11.1 Å². The molecule has 0 radical (unpaired) electrons. The fraction of sp³-hybridized carbons (Fsp3) is 0.217. The zero-order chi connectivity index (χ0) is 22.0. The van der Waals surface area contributed by atoms with Crippen molar-refractivity contribution in [1.82, 2.24) is 9.88 Å². The van der Waals surface area contributed by atoms with Crippen LogP contribution in [-0.4, -0.2) is 34.1 Å². The number of hydrogen-bond donors (Lipinski definition) is 0. The SMILES string of the molecule is C.Cc1cc(C(=O)N(C)C)ncc1C(c1cc(F)ccc1F)S(=O)c1ccc(F)cc1. The fourth-order valence-corrected chi connectivity index (χ4v) is 4.57. The molecule has 1 heterocycles. The van der Waals surface area contributed by atoms with E-state index in [1.807, 2.05) is 0 Å². The lowest BCUT2D eigenvalue weighted by atomic mass is 10.0. The van der Waals surface area contributed by atoms with Gasteiger partial charge in [-0.2, -0.15) is 0 Å². The summed E-state index contributed by atoms with van der Waals surface area (Å²) in [6.07, 6.45) is 1.35. The molecular formula is C23H23F3N2O2S. The van der Waals surface area contributed by atoms with Crippen LogP contribution in [0.4, 0.5) is 13.2 Å². The van der Waals surface area contributed by atoms with Gasteiger partial charge in [0.2, 0.25) is 0 Å². The maximum atomic E-state index is 14.6. The number of pyridine rings is 1. The molecule has 0 bridgehead atoms. The maximum Gasteiger partial charge on any atom is 0.271 e. The van der Waals surface area contributed by atoms with Crippen molar-refractivity contribution in [2.75, 3.05) is 14.1 Å². The molecule has 31 heavy (non-hydrogen) atoms. The van der Waals surface area contributed by atoms with Crippen molar-refractivity contribution in [2.24, 2.45) is 0 Å². The predicted octanol–water partition coefficient (Wildman–Crippen LogP) is 5.04. The minimum absolute atomic E-state index is 0. The fourth-order valence-electron chi connectivity index (χ4n) is 3.01. The van der Waals surface area contributed by atoms with Crippen LogP contribution in [0.5, 0.6) is 0 Å². The molecule has 0 spiro atoms. The number of aryl methyl sites for hydroxylation is 1. The van der Waals surface area contributed by atoms with Crippen LogP contribution >= 0.6 is 0 Å². The second-order valence-electron chi connectivity index (χ2n) is 6.92. The highest BCUT2D eigenvalue weighted by molar-refractivity contribution is 7.85. The Balaban J connectivity index is 0.00000341. The van der Waals surface area contributed by atoms with E-state index in [4.69, 9.17) is 0 Å². The zero-order valence-electron chi connectivity index (χ0n) is 16.5. The molecule has 0 aliphatic carbocycles. The van der Waals surface area contributed by atoms with Crippen LogP contribution in [-0.2, 0) is 10.8 Å². The van der Waals surface area contributed by atoms with Gasteiger partial charge in [0.15, 0.2) is 0 Å². The van der Waals surface area contributed by atoms with Crippen molar-refractivity contribution in [2.45, 2.75) is 24.5 Å². The number of rotatable bonds is 5. The number of carbonyl (C=O) groups is 1. The Morgan fingerprint density at radius 2 is 1.58 bits per heavy atom. The van der Waals surface area contributed by atoms with Gasteiger partial charge in [-0.15, -0.1) is 0 Å². The quantitative estimate of drug-likeness (QED) is 0.549. The van der Waals surface area contributed by atoms with Crippen molar-refractivity contribution in [3.8, 4) is 0 Å². The Kier molecular flexibility index (Phi) is 7.73. The largest absolute Gasteiger partial charge is 0.343 e. The Morgan fingerprint density at radius 1 is 0.968 bits per heavy atom. The Labute approximate surface area is 182 Å². The van der Waals surface area contributed by atoms with Gasteiger partial charge in [-0.3, -0.25) is 14.0 Å². The van der Waals surface area contributed by atoms with E-state index >= 15 is 0 Å². The van der Waals surface area contributed by atoms with E-state index in [1.54, 1.807) is 21.0 Å². The summed E-state index contributed by atoms with van der Waals surface area (Å²) in [6.45, 7) is 1.68. The van der Waals surface area contributed by atoms with E-state index in [9.17, 15) is 22.2 Å². The van der Waals surface area contributed by atoms with Crippen LogP contribution in [0.2, 0.25) is 0 Å². The van der Waals surface area contributed by atoms with Gasteiger partial charge in [-0.05, 0) is 66.6 Å². The van der Waals surface area contributed by atoms with Gasteiger partial charge in [0.25, 0.3) is 5.91 Å². The minimum atomic E-state index is -1.90. The van der Waals surface area contributed by atoms with Crippen LogP contribution in [0.3, 0.4) is 0 Å². The first-order chi connectivity index (χ1) is 14.2. The average Bonchev–Trinajstić information content (AvgIpc) is 2.71. The van der Waals surface area contributed by atoms with E-state index in [1.165, 1.54) is 29.3 Å². The lowest BCUT2D eigenvalue weighted by Gasteiger charge is -2.21. The molecule has 1 aromatic heterocycles. The van der Waals surface area contributed by atoms with E-state index < -0.39 is 33.5 Å². The highest BCUT2D eigenvalue weighted by Gasteiger charge is 2.28. The molecule has 3 aromatic rings. The molecule has 2 aromatic carbocycles. The summed E-state index contributed by atoms with van der Waals surface area (Å²) in [4.78, 5) is 18.0. The van der Waals surface area contributed by atoms with Gasteiger partial charge in [0.1, 0.15) is 23.1 Å². The summed E-state index contributed by atoms with van der Waals surface area (Å²) in [7, 11) is 1.28. The number of carbonyl (C=O) groups excluding carboxylic acids is 1. The molecule has 3 rings (SSSR count). The van der Waals surface area contributed by atoms with E-state index in [0.717, 1.165) is 30.3 Å². The molecule has 0 fully saturated rings. The van der Waals surface area contributed by atoms with Crippen molar-refractivity contribution in [3.05, 3.63) is 94.6 Å². The summed E-state index contributed by atoms with van der Waals surface area (Å²) >= 11 is 0. The zero-order valence-corrected chi connectivity index (χ0v) is 17.3. The third-order valence-corrected chi connectivity index (χ3v) is 6.23. The van der Waals surface area contributed by atoms with Gasteiger partial charge in [0, 0.05) is 30.8 Å². The van der Waals surface area contributed by atoms with E-state index in [2.05, 4.69) is 4.98 Å². The van der Waals surface area contributed by atoms with Crippen LogP contribution in [0.1, 0.15) is 39.9 Å². The Morgan fingerprint density at radius 3 is 2.16 bits per heavy atom. The second kappa shape index (κ2) is 9.87.